The molecule has 0 radical (unpaired) electrons. The minimum absolute atomic E-state index is 0.115. The second-order valence-corrected chi connectivity index (χ2v) is 8.80. The topological polar surface area (TPSA) is 85.6 Å². The number of rotatable bonds is 3. The SMILES string of the molecule is CS(=O)(=O)c1ccc(Oc2cc(F)cc(C#N)c2)c2c1C1(OCCO1)C(F)(F)C2F. The fraction of sp³-hybridized carbons (Fsp3) is 0.316. The lowest BCUT2D eigenvalue weighted by atomic mass is 10.1. The van der Waals surface area contributed by atoms with E-state index < -0.39 is 55.3 Å². The highest BCUT2D eigenvalue weighted by molar-refractivity contribution is 7.90. The minimum Gasteiger partial charge on any atom is -0.457 e. The van der Waals surface area contributed by atoms with Crippen LogP contribution in [0.4, 0.5) is 17.6 Å². The standard InChI is InChI=1S/C19H13F4NO5S/c1-30(25,26)14-3-2-13(29-12-7-10(9-24)6-11(20)8-12)15-16(14)19(27-4-5-28-19)18(22,23)17(15)21/h2-3,6-8,17H,4-5H2,1H3. The van der Waals surface area contributed by atoms with Gasteiger partial charge < -0.3 is 14.2 Å². The van der Waals surface area contributed by atoms with Crippen LogP contribution in [0.3, 0.4) is 0 Å². The Kier molecular flexibility index (Phi) is 4.57. The van der Waals surface area contributed by atoms with E-state index in [9.17, 15) is 21.6 Å². The normalized spacial score (nSPS) is 21.4. The molecule has 1 aliphatic heterocycles. The number of alkyl halides is 3. The number of fused-ring (bicyclic) bond motifs is 2. The molecule has 6 nitrogen and oxygen atoms in total. The summed E-state index contributed by atoms with van der Waals surface area (Å²) in [6.07, 6.45) is -2.24. The second kappa shape index (κ2) is 6.66. The van der Waals surface area contributed by atoms with Crippen LogP contribution in [-0.4, -0.2) is 33.8 Å². The Morgan fingerprint density at radius 1 is 1.20 bits per heavy atom. The first-order valence-corrected chi connectivity index (χ1v) is 10.5. The molecule has 158 valence electrons. The summed E-state index contributed by atoms with van der Waals surface area (Å²) in [6, 6.07) is 6.58. The van der Waals surface area contributed by atoms with Gasteiger partial charge in [-0.3, -0.25) is 0 Å². The number of hydrogen-bond donors (Lipinski definition) is 0. The van der Waals surface area contributed by atoms with Gasteiger partial charge >= 0.3 is 5.92 Å². The zero-order valence-corrected chi connectivity index (χ0v) is 16.1. The van der Waals surface area contributed by atoms with Gasteiger partial charge in [-0.2, -0.15) is 14.0 Å². The highest BCUT2D eigenvalue weighted by atomic mass is 32.2. The van der Waals surface area contributed by atoms with Crippen LogP contribution in [0, 0.1) is 17.1 Å². The lowest BCUT2D eigenvalue weighted by Gasteiger charge is -2.30. The minimum atomic E-state index is -4.26. The number of hydrogen-bond acceptors (Lipinski definition) is 6. The van der Waals surface area contributed by atoms with E-state index >= 15 is 4.39 Å². The third kappa shape index (κ3) is 2.86. The van der Waals surface area contributed by atoms with Gasteiger partial charge in [0.1, 0.15) is 17.3 Å². The molecule has 1 spiro atoms. The molecule has 0 bridgehead atoms. The third-order valence-electron chi connectivity index (χ3n) is 4.83. The highest BCUT2D eigenvalue weighted by Gasteiger charge is 2.73. The van der Waals surface area contributed by atoms with Crippen molar-refractivity contribution in [1.82, 2.24) is 0 Å². The summed E-state index contributed by atoms with van der Waals surface area (Å²) in [4.78, 5) is -0.594. The lowest BCUT2D eigenvalue weighted by Crippen LogP contribution is -2.44. The van der Waals surface area contributed by atoms with Crippen molar-refractivity contribution in [2.45, 2.75) is 22.8 Å². The summed E-state index contributed by atoms with van der Waals surface area (Å²) < 4.78 is 98.8. The number of nitrogens with zero attached hydrogens (tertiary/aromatic N) is 1. The molecule has 2 aliphatic rings. The van der Waals surface area contributed by atoms with E-state index in [4.69, 9.17) is 19.5 Å². The van der Waals surface area contributed by atoms with E-state index in [0.717, 1.165) is 36.6 Å². The quantitative estimate of drug-likeness (QED) is 0.672. The fourth-order valence-corrected chi connectivity index (χ4v) is 4.58. The van der Waals surface area contributed by atoms with E-state index in [1.165, 1.54) is 0 Å². The Hall–Kier alpha value is -2.68. The van der Waals surface area contributed by atoms with Crippen molar-refractivity contribution in [2.75, 3.05) is 19.5 Å². The van der Waals surface area contributed by atoms with Crippen molar-refractivity contribution in [3.8, 4) is 17.6 Å². The van der Waals surface area contributed by atoms with Crippen LogP contribution in [-0.2, 0) is 25.1 Å². The van der Waals surface area contributed by atoms with E-state index in [1.807, 2.05) is 0 Å². The van der Waals surface area contributed by atoms with Crippen LogP contribution in [0.1, 0.15) is 22.9 Å². The molecule has 0 N–H and O–H groups in total. The van der Waals surface area contributed by atoms with Crippen LogP contribution >= 0.6 is 0 Å². The molecule has 0 saturated carbocycles. The molecule has 2 aromatic rings. The molecular formula is C19H13F4NO5S. The molecule has 1 aliphatic carbocycles. The summed E-state index contributed by atoms with van der Waals surface area (Å²) >= 11 is 0. The Labute approximate surface area is 168 Å². The van der Waals surface area contributed by atoms with Crippen LogP contribution in [0.25, 0.3) is 0 Å². The second-order valence-electron chi connectivity index (χ2n) is 6.81. The van der Waals surface area contributed by atoms with Crippen LogP contribution in [0.15, 0.2) is 35.2 Å². The fourth-order valence-electron chi connectivity index (χ4n) is 3.65. The van der Waals surface area contributed by atoms with Crippen molar-refractivity contribution in [1.29, 1.82) is 5.26 Å². The number of ether oxygens (including phenoxy) is 3. The number of benzene rings is 2. The van der Waals surface area contributed by atoms with Gasteiger partial charge in [-0.25, -0.2) is 17.2 Å². The summed E-state index contributed by atoms with van der Waals surface area (Å²) in [5.41, 5.74) is -1.57. The van der Waals surface area contributed by atoms with E-state index in [2.05, 4.69) is 0 Å². The summed E-state index contributed by atoms with van der Waals surface area (Å²) in [7, 11) is -4.09. The maximum absolute atomic E-state index is 15.0. The van der Waals surface area contributed by atoms with Crippen LogP contribution in [0.5, 0.6) is 11.5 Å². The van der Waals surface area contributed by atoms with Gasteiger partial charge in [0.25, 0.3) is 5.79 Å². The molecule has 1 heterocycles. The van der Waals surface area contributed by atoms with Gasteiger partial charge in [0.2, 0.25) is 0 Å². The first kappa shape index (κ1) is 20.6. The molecule has 1 fully saturated rings. The molecule has 11 heteroatoms. The van der Waals surface area contributed by atoms with Crippen molar-refractivity contribution in [3.63, 3.8) is 0 Å². The number of nitriles is 1. The van der Waals surface area contributed by atoms with Gasteiger partial charge in [0.15, 0.2) is 16.0 Å². The first-order valence-electron chi connectivity index (χ1n) is 8.57. The Bertz CT molecular complexity index is 1190. The Morgan fingerprint density at radius 2 is 1.87 bits per heavy atom. The van der Waals surface area contributed by atoms with E-state index in [-0.39, 0.29) is 24.5 Å². The predicted octanol–water partition coefficient (Wildman–Crippen LogP) is 3.75. The van der Waals surface area contributed by atoms with Crippen LogP contribution in [0.2, 0.25) is 0 Å². The van der Waals surface area contributed by atoms with E-state index in [0.29, 0.717) is 0 Å². The molecule has 4 rings (SSSR count). The summed E-state index contributed by atoms with van der Waals surface area (Å²) in [6.45, 7) is -0.600. The van der Waals surface area contributed by atoms with Gasteiger partial charge in [0.05, 0.1) is 29.7 Å². The maximum Gasteiger partial charge on any atom is 0.340 e. The average molecular weight is 443 g/mol. The van der Waals surface area contributed by atoms with Gasteiger partial charge in [-0.05, 0) is 24.3 Å². The largest absolute Gasteiger partial charge is 0.457 e. The van der Waals surface area contributed by atoms with Gasteiger partial charge in [-0.1, -0.05) is 0 Å². The molecule has 1 unspecified atom stereocenters. The molecule has 30 heavy (non-hydrogen) atoms. The number of sulfone groups is 1. The summed E-state index contributed by atoms with van der Waals surface area (Å²) in [5, 5.41) is 8.95. The number of halogens is 4. The average Bonchev–Trinajstić information content (AvgIpc) is 3.22. The van der Waals surface area contributed by atoms with Crippen molar-refractivity contribution in [3.05, 3.63) is 52.8 Å². The molecule has 2 aromatic carbocycles. The molecule has 0 amide bonds. The lowest BCUT2D eigenvalue weighted by molar-refractivity contribution is -0.308. The molecule has 1 saturated heterocycles. The monoisotopic (exact) mass is 443 g/mol. The van der Waals surface area contributed by atoms with Crippen molar-refractivity contribution >= 4 is 9.84 Å². The van der Waals surface area contributed by atoms with E-state index in [1.54, 1.807) is 6.07 Å². The molecular weight excluding hydrogens is 430 g/mol. The summed E-state index contributed by atoms with van der Waals surface area (Å²) in [5.74, 6) is -8.76. The molecule has 0 aromatic heterocycles. The zero-order chi connectivity index (χ0) is 21.9. The smallest absolute Gasteiger partial charge is 0.340 e. The first-order chi connectivity index (χ1) is 14.0. The maximum atomic E-state index is 15.0. The zero-order valence-electron chi connectivity index (χ0n) is 15.3. The Balaban J connectivity index is 1.96. The van der Waals surface area contributed by atoms with Gasteiger partial charge in [0, 0.05) is 23.4 Å². The third-order valence-corrected chi connectivity index (χ3v) is 5.97. The van der Waals surface area contributed by atoms with Crippen molar-refractivity contribution in [2.24, 2.45) is 0 Å². The Morgan fingerprint density at radius 3 is 2.47 bits per heavy atom. The van der Waals surface area contributed by atoms with Crippen LogP contribution < -0.4 is 4.74 Å². The highest BCUT2D eigenvalue weighted by Crippen LogP contribution is 2.63. The van der Waals surface area contributed by atoms with Gasteiger partial charge in [-0.15, -0.1) is 0 Å². The molecule has 1 atom stereocenters. The van der Waals surface area contributed by atoms with Crippen molar-refractivity contribution < 1.29 is 40.2 Å². The predicted molar refractivity (Wildman–Crippen MR) is 93.1 cm³/mol.